The quantitative estimate of drug-likeness (QED) is 0.629. The molecule has 2 nitrogen and oxygen atoms in total. The number of rotatable bonds is 1. The lowest BCUT2D eigenvalue weighted by Gasteiger charge is -1.88. The summed E-state index contributed by atoms with van der Waals surface area (Å²) in [5.74, 6) is 0.756. The Bertz CT molecular complexity index is 485. The maximum absolute atomic E-state index is 5.59. The summed E-state index contributed by atoms with van der Waals surface area (Å²) in [6.45, 7) is 0. The van der Waals surface area contributed by atoms with Crippen molar-refractivity contribution in [3.05, 3.63) is 34.9 Å². The van der Waals surface area contributed by atoms with Crippen LogP contribution >= 0.6 is 0 Å². The van der Waals surface area contributed by atoms with Gasteiger partial charge in [-0.3, -0.25) is 0 Å². The third-order valence-corrected chi connectivity index (χ3v) is 2.31. The number of fused-ring (bicyclic) bond motifs is 1. The van der Waals surface area contributed by atoms with E-state index in [-0.39, 0.29) is 0 Å². The maximum Gasteiger partial charge on any atom is 0.226 e. The van der Waals surface area contributed by atoms with Crippen molar-refractivity contribution in [2.24, 2.45) is 0 Å². The van der Waals surface area contributed by atoms with E-state index in [9.17, 15) is 0 Å². The van der Waals surface area contributed by atoms with E-state index in [4.69, 9.17) is 4.42 Å². The van der Waals surface area contributed by atoms with Crippen molar-refractivity contribution >= 4 is 17.7 Å². The third-order valence-electron chi connectivity index (χ3n) is 2.31. The highest BCUT2D eigenvalue weighted by Gasteiger charge is 2.09. The fourth-order valence-corrected chi connectivity index (χ4v) is 1.65. The number of hydrogen-bond acceptors (Lipinski definition) is 2. The first kappa shape index (κ1) is 6.89. The first-order valence-electron chi connectivity index (χ1n) is 4.48. The molecule has 2 aliphatic rings. The van der Waals surface area contributed by atoms with Crippen molar-refractivity contribution in [3.63, 3.8) is 0 Å². The minimum absolute atomic E-state index is 0.756. The van der Waals surface area contributed by atoms with Crippen LogP contribution in [0, 0.1) is 0 Å². The van der Waals surface area contributed by atoms with Crippen LogP contribution in [0.5, 0.6) is 0 Å². The van der Waals surface area contributed by atoms with Crippen molar-refractivity contribution in [1.29, 1.82) is 0 Å². The summed E-state index contributed by atoms with van der Waals surface area (Å²) in [5.41, 5.74) is 2.03. The van der Waals surface area contributed by atoms with Gasteiger partial charge in [-0.05, 0) is 18.9 Å². The molecule has 0 atom stereocenters. The largest absolute Gasteiger partial charge is 0.436 e. The van der Waals surface area contributed by atoms with E-state index in [1.807, 2.05) is 0 Å². The number of aromatic nitrogens is 1. The molecule has 1 aromatic heterocycles. The second-order valence-electron chi connectivity index (χ2n) is 3.21. The van der Waals surface area contributed by atoms with Crippen LogP contribution in [0.25, 0.3) is 17.7 Å². The van der Waals surface area contributed by atoms with Crippen LogP contribution < -0.4 is 10.8 Å². The Morgan fingerprint density at radius 3 is 2.92 bits per heavy atom. The lowest BCUT2D eigenvalue weighted by atomic mass is 10.3. The average molecular weight is 171 g/mol. The van der Waals surface area contributed by atoms with Gasteiger partial charge in [-0.15, -0.1) is 0 Å². The number of nitrogens with zero attached hydrogens (tertiary/aromatic N) is 1. The summed E-state index contributed by atoms with van der Waals surface area (Å²) in [5, 5.41) is 0.996. The number of allylic oxidation sites excluding steroid dienone is 4. The van der Waals surface area contributed by atoms with Crippen LogP contribution in [0.3, 0.4) is 0 Å². The molecule has 0 saturated heterocycles. The maximum atomic E-state index is 5.59. The smallest absolute Gasteiger partial charge is 0.226 e. The predicted molar refractivity (Wildman–Crippen MR) is 51.0 cm³/mol. The average Bonchev–Trinajstić information content (AvgIpc) is 2.78. The first-order valence-corrected chi connectivity index (χ1v) is 4.48. The molecule has 1 aromatic rings. The Morgan fingerprint density at radius 1 is 1.15 bits per heavy atom. The van der Waals surface area contributed by atoms with Gasteiger partial charge in [-0.2, -0.15) is 0 Å². The zero-order chi connectivity index (χ0) is 8.67. The zero-order valence-corrected chi connectivity index (χ0v) is 7.16. The van der Waals surface area contributed by atoms with E-state index >= 15 is 0 Å². The van der Waals surface area contributed by atoms with Crippen LogP contribution in [-0.2, 0) is 0 Å². The van der Waals surface area contributed by atoms with E-state index in [0.717, 1.165) is 35.1 Å². The van der Waals surface area contributed by atoms with Gasteiger partial charge in [0.2, 0.25) is 5.89 Å². The molecule has 1 heterocycles. The minimum Gasteiger partial charge on any atom is -0.436 e. The molecule has 0 fully saturated rings. The molecule has 2 heteroatoms. The Labute approximate surface area is 75.6 Å². The highest BCUT2D eigenvalue weighted by Crippen LogP contribution is 2.17. The fourth-order valence-electron chi connectivity index (χ4n) is 1.65. The Balaban J connectivity index is 2.18. The van der Waals surface area contributed by atoms with Gasteiger partial charge in [-0.25, -0.2) is 4.98 Å². The monoisotopic (exact) mass is 171 g/mol. The van der Waals surface area contributed by atoms with E-state index in [1.54, 1.807) is 0 Å². The van der Waals surface area contributed by atoms with Crippen LogP contribution in [-0.4, -0.2) is 4.98 Å². The Kier molecular flexibility index (Phi) is 1.30. The van der Waals surface area contributed by atoms with Crippen molar-refractivity contribution in [2.75, 3.05) is 0 Å². The molecule has 2 aliphatic carbocycles. The summed E-state index contributed by atoms with van der Waals surface area (Å²) in [7, 11) is 0. The van der Waals surface area contributed by atoms with E-state index in [0.29, 0.717) is 0 Å². The topological polar surface area (TPSA) is 26.0 Å². The second kappa shape index (κ2) is 2.46. The van der Waals surface area contributed by atoms with Crippen molar-refractivity contribution < 1.29 is 4.42 Å². The molecule has 0 radical (unpaired) electrons. The molecule has 0 bridgehead atoms. The van der Waals surface area contributed by atoms with Gasteiger partial charge in [0, 0.05) is 5.57 Å². The molecule has 0 unspecified atom stereocenters. The van der Waals surface area contributed by atoms with Gasteiger partial charge in [-0.1, -0.05) is 24.3 Å². The molecule has 3 rings (SSSR count). The van der Waals surface area contributed by atoms with Gasteiger partial charge in [0.25, 0.3) is 0 Å². The molecule has 64 valence electrons. The highest BCUT2D eigenvalue weighted by molar-refractivity contribution is 5.71. The van der Waals surface area contributed by atoms with Crippen molar-refractivity contribution in [1.82, 2.24) is 4.98 Å². The predicted octanol–water partition coefficient (Wildman–Crippen LogP) is 0.983. The van der Waals surface area contributed by atoms with E-state index in [2.05, 4.69) is 35.4 Å². The van der Waals surface area contributed by atoms with Gasteiger partial charge >= 0.3 is 0 Å². The molecule has 13 heavy (non-hydrogen) atoms. The normalized spacial score (nSPS) is 18.0. The van der Waals surface area contributed by atoms with E-state index < -0.39 is 0 Å². The van der Waals surface area contributed by atoms with Gasteiger partial charge < -0.3 is 4.42 Å². The molecule has 0 saturated carbocycles. The highest BCUT2D eigenvalue weighted by atomic mass is 16.3. The standard InChI is InChI=1S/C11H9NO/c1-2-5-8(4-1)11-12-9-6-3-7-10(9)13-11/h1,4-7H,2-3H2. The summed E-state index contributed by atoms with van der Waals surface area (Å²) in [6.07, 6.45) is 12.4. The van der Waals surface area contributed by atoms with Crippen LogP contribution in [0.1, 0.15) is 18.7 Å². The molecule has 0 amide bonds. The SMILES string of the molecule is C1=CC(c2nc3c(o2)=CCC=3)=CC1. The summed E-state index contributed by atoms with van der Waals surface area (Å²) in [4.78, 5) is 4.40. The molecule has 0 aliphatic heterocycles. The Morgan fingerprint density at radius 2 is 2.15 bits per heavy atom. The Hall–Kier alpha value is -1.57. The molecule has 0 aromatic carbocycles. The second-order valence-corrected chi connectivity index (χ2v) is 3.21. The van der Waals surface area contributed by atoms with Crippen molar-refractivity contribution in [2.45, 2.75) is 12.8 Å². The summed E-state index contributed by atoms with van der Waals surface area (Å²) < 4.78 is 5.59. The lowest BCUT2D eigenvalue weighted by Crippen LogP contribution is -2.17. The molecule has 0 spiro atoms. The van der Waals surface area contributed by atoms with Crippen LogP contribution in [0.15, 0.2) is 22.6 Å². The minimum atomic E-state index is 0.756. The van der Waals surface area contributed by atoms with Gasteiger partial charge in [0.05, 0.1) is 0 Å². The zero-order valence-electron chi connectivity index (χ0n) is 7.16. The van der Waals surface area contributed by atoms with Crippen molar-refractivity contribution in [3.8, 4) is 0 Å². The van der Waals surface area contributed by atoms with E-state index in [1.165, 1.54) is 0 Å². The number of oxazole rings is 1. The molecule has 0 N–H and O–H groups in total. The molecular formula is C11H9NO. The van der Waals surface area contributed by atoms with Crippen LogP contribution in [0.4, 0.5) is 0 Å². The van der Waals surface area contributed by atoms with Gasteiger partial charge in [0.15, 0.2) is 5.42 Å². The third kappa shape index (κ3) is 0.985. The molecular weight excluding hydrogens is 162 g/mol. The summed E-state index contributed by atoms with van der Waals surface area (Å²) in [6, 6.07) is 0. The fraction of sp³-hybridized carbons (Fsp3) is 0.182. The first-order chi connectivity index (χ1) is 6.43. The lowest BCUT2D eigenvalue weighted by molar-refractivity contribution is 0.512. The van der Waals surface area contributed by atoms with Gasteiger partial charge in [0.1, 0.15) is 5.35 Å². The summed E-state index contributed by atoms with van der Waals surface area (Å²) >= 11 is 0. The van der Waals surface area contributed by atoms with Crippen LogP contribution in [0.2, 0.25) is 0 Å². The number of hydrogen-bond donors (Lipinski definition) is 0.